The predicted molar refractivity (Wildman–Crippen MR) is 63.0 cm³/mol. The molecule has 0 N–H and O–H groups in total. The minimum Gasteiger partial charge on any atom is -0.474 e. The van der Waals surface area contributed by atoms with Crippen LogP contribution in [0.1, 0.15) is 25.3 Å². The van der Waals surface area contributed by atoms with E-state index in [-0.39, 0.29) is 23.9 Å². The standard InChI is InChI=1S/C13H14F3NO3/c1-2-19-12(18)8-5-10(6-8)20-11-4-3-9(7-17-11)13(14,15)16/h3-4,7-8,10H,2,5-6H2,1H3/t8-,10+. The van der Waals surface area contributed by atoms with Crippen LogP contribution in [0.25, 0.3) is 0 Å². The van der Waals surface area contributed by atoms with E-state index in [0.717, 1.165) is 12.3 Å². The van der Waals surface area contributed by atoms with E-state index in [2.05, 4.69) is 4.98 Å². The Labute approximate surface area is 113 Å². The summed E-state index contributed by atoms with van der Waals surface area (Å²) in [6.45, 7) is 2.07. The molecule has 110 valence electrons. The molecule has 1 aliphatic carbocycles. The Kier molecular flexibility index (Phi) is 4.15. The Morgan fingerprint density at radius 2 is 2.10 bits per heavy atom. The van der Waals surface area contributed by atoms with Gasteiger partial charge in [0.25, 0.3) is 0 Å². The van der Waals surface area contributed by atoms with Gasteiger partial charge in [-0.05, 0) is 25.8 Å². The lowest BCUT2D eigenvalue weighted by Crippen LogP contribution is -2.39. The van der Waals surface area contributed by atoms with Gasteiger partial charge in [-0.25, -0.2) is 4.98 Å². The summed E-state index contributed by atoms with van der Waals surface area (Å²) >= 11 is 0. The van der Waals surface area contributed by atoms with Crippen molar-refractivity contribution < 1.29 is 27.4 Å². The molecule has 1 saturated carbocycles. The highest BCUT2D eigenvalue weighted by Gasteiger charge is 2.37. The van der Waals surface area contributed by atoms with Gasteiger partial charge in [0.15, 0.2) is 0 Å². The molecule has 0 radical (unpaired) electrons. The van der Waals surface area contributed by atoms with Crippen molar-refractivity contribution in [3.05, 3.63) is 23.9 Å². The van der Waals surface area contributed by atoms with E-state index >= 15 is 0 Å². The molecule has 4 nitrogen and oxygen atoms in total. The molecular formula is C13H14F3NO3. The predicted octanol–water partition coefficient (Wildman–Crippen LogP) is 2.82. The Hall–Kier alpha value is -1.79. The van der Waals surface area contributed by atoms with Crippen molar-refractivity contribution in [1.29, 1.82) is 0 Å². The zero-order chi connectivity index (χ0) is 14.8. The summed E-state index contributed by atoms with van der Waals surface area (Å²) in [4.78, 5) is 15.0. The summed E-state index contributed by atoms with van der Waals surface area (Å²) in [5.74, 6) is -0.313. The maximum Gasteiger partial charge on any atom is 0.417 e. The van der Waals surface area contributed by atoms with E-state index in [9.17, 15) is 18.0 Å². The van der Waals surface area contributed by atoms with E-state index in [1.165, 1.54) is 6.07 Å². The molecule has 0 aliphatic heterocycles. The number of aromatic nitrogens is 1. The Morgan fingerprint density at radius 1 is 1.40 bits per heavy atom. The molecule has 20 heavy (non-hydrogen) atoms. The number of rotatable bonds is 4. The minimum absolute atomic E-state index is 0.130. The normalized spacial score (nSPS) is 22.0. The molecule has 1 aromatic rings. The molecular weight excluding hydrogens is 275 g/mol. The fourth-order valence-electron chi connectivity index (χ4n) is 1.90. The number of carbonyl (C=O) groups is 1. The van der Waals surface area contributed by atoms with E-state index in [0.29, 0.717) is 19.4 Å². The van der Waals surface area contributed by atoms with Gasteiger partial charge in [0.2, 0.25) is 5.88 Å². The maximum atomic E-state index is 12.3. The van der Waals surface area contributed by atoms with Gasteiger partial charge in [-0.1, -0.05) is 0 Å². The number of hydrogen-bond donors (Lipinski definition) is 0. The van der Waals surface area contributed by atoms with Crippen LogP contribution in [-0.4, -0.2) is 23.7 Å². The molecule has 0 atom stereocenters. The highest BCUT2D eigenvalue weighted by molar-refractivity contribution is 5.73. The lowest BCUT2D eigenvalue weighted by Gasteiger charge is -2.33. The van der Waals surface area contributed by atoms with E-state index in [1.807, 2.05) is 0 Å². The Morgan fingerprint density at radius 3 is 2.60 bits per heavy atom. The quantitative estimate of drug-likeness (QED) is 0.800. The van der Waals surface area contributed by atoms with Crippen molar-refractivity contribution in [3.8, 4) is 5.88 Å². The molecule has 0 saturated heterocycles. The highest BCUT2D eigenvalue weighted by Crippen LogP contribution is 2.33. The average molecular weight is 289 g/mol. The second-order valence-corrected chi connectivity index (χ2v) is 4.54. The van der Waals surface area contributed by atoms with Gasteiger partial charge in [-0.3, -0.25) is 4.79 Å². The molecule has 1 aromatic heterocycles. The largest absolute Gasteiger partial charge is 0.474 e. The van der Waals surface area contributed by atoms with E-state index in [4.69, 9.17) is 9.47 Å². The van der Waals surface area contributed by atoms with Crippen LogP contribution >= 0.6 is 0 Å². The first-order chi connectivity index (χ1) is 9.40. The topological polar surface area (TPSA) is 48.4 Å². The monoisotopic (exact) mass is 289 g/mol. The average Bonchev–Trinajstić information content (AvgIpc) is 2.33. The van der Waals surface area contributed by atoms with Gasteiger partial charge < -0.3 is 9.47 Å². The Balaban J connectivity index is 1.83. The smallest absolute Gasteiger partial charge is 0.417 e. The summed E-state index contributed by atoms with van der Waals surface area (Å²) < 4.78 is 47.3. The number of pyridine rings is 1. The van der Waals surface area contributed by atoms with Crippen LogP contribution in [0.4, 0.5) is 13.2 Å². The van der Waals surface area contributed by atoms with Crippen LogP contribution in [0.5, 0.6) is 5.88 Å². The number of halogens is 3. The lowest BCUT2D eigenvalue weighted by atomic mass is 9.82. The van der Waals surface area contributed by atoms with Crippen molar-refractivity contribution in [3.63, 3.8) is 0 Å². The number of nitrogens with zero attached hydrogens (tertiary/aromatic N) is 1. The van der Waals surface area contributed by atoms with Crippen LogP contribution in [0.15, 0.2) is 18.3 Å². The fourth-order valence-corrected chi connectivity index (χ4v) is 1.90. The molecule has 0 spiro atoms. The first-order valence-corrected chi connectivity index (χ1v) is 6.26. The third-order valence-electron chi connectivity index (χ3n) is 3.07. The summed E-state index contributed by atoms with van der Waals surface area (Å²) in [6.07, 6.45) is -2.87. The Bertz CT molecular complexity index is 467. The summed E-state index contributed by atoms with van der Waals surface area (Å²) in [7, 11) is 0. The first kappa shape index (κ1) is 14.6. The zero-order valence-electron chi connectivity index (χ0n) is 10.8. The van der Waals surface area contributed by atoms with Gasteiger partial charge in [0.05, 0.1) is 18.1 Å². The molecule has 0 bridgehead atoms. The van der Waals surface area contributed by atoms with Crippen molar-refractivity contribution in [1.82, 2.24) is 4.98 Å². The zero-order valence-corrected chi connectivity index (χ0v) is 10.8. The molecule has 1 fully saturated rings. The minimum atomic E-state index is -4.41. The second-order valence-electron chi connectivity index (χ2n) is 4.54. The van der Waals surface area contributed by atoms with Gasteiger partial charge in [0, 0.05) is 12.3 Å². The lowest BCUT2D eigenvalue weighted by molar-refractivity contribution is -0.154. The number of ether oxygens (including phenoxy) is 2. The summed E-state index contributed by atoms with van der Waals surface area (Å²) in [5, 5.41) is 0. The number of carbonyl (C=O) groups excluding carboxylic acids is 1. The van der Waals surface area contributed by atoms with Crippen LogP contribution < -0.4 is 4.74 Å². The molecule has 0 amide bonds. The van der Waals surface area contributed by atoms with Crippen molar-refractivity contribution >= 4 is 5.97 Å². The number of hydrogen-bond acceptors (Lipinski definition) is 4. The van der Waals surface area contributed by atoms with Crippen LogP contribution in [-0.2, 0) is 15.7 Å². The van der Waals surface area contributed by atoms with Crippen molar-refractivity contribution in [2.24, 2.45) is 5.92 Å². The van der Waals surface area contributed by atoms with Crippen molar-refractivity contribution in [2.75, 3.05) is 6.61 Å². The molecule has 0 aromatic carbocycles. The molecule has 1 heterocycles. The number of esters is 1. The van der Waals surface area contributed by atoms with Crippen molar-refractivity contribution in [2.45, 2.75) is 32.0 Å². The highest BCUT2D eigenvalue weighted by atomic mass is 19.4. The third-order valence-corrected chi connectivity index (χ3v) is 3.07. The van der Waals surface area contributed by atoms with Crippen LogP contribution in [0.3, 0.4) is 0 Å². The second kappa shape index (κ2) is 5.68. The molecule has 7 heteroatoms. The van der Waals surface area contributed by atoms with Gasteiger partial charge in [0.1, 0.15) is 6.10 Å². The van der Waals surface area contributed by atoms with Crippen LogP contribution in [0, 0.1) is 5.92 Å². The van der Waals surface area contributed by atoms with E-state index in [1.54, 1.807) is 6.92 Å². The van der Waals surface area contributed by atoms with Gasteiger partial charge in [-0.15, -0.1) is 0 Å². The molecule has 2 rings (SSSR count). The molecule has 0 unspecified atom stereocenters. The summed E-state index contributed by atoms with van der Waals surface area (Å²) in [6, 6.07) is 2.10. The van der Waals surface area contributed by atoms with Gasteiger partial charge >= 0.3 is 12.1 Å². The maximum absolute atomic E-state index is 12.3. The SMILES string of the molecule is CCOC(=O)[C@H]1C[C@@H](Oc2ccc(C(F)(F)F)cn2)C1. The van der Waals surface area contributed by atoms with Crippen LogP contribution in [0.2, 0.25) is 0 Å². The van der Waals surface area contributed by atoms with Gasteiger partial charge in [-0.2, -0.15) is 13.2 Å². The summed E-state index contributed by atoms with van der Waals surface area (Å²) in [5.41, 5.74) is -0.817. The first-order valence-electron chi connectivity index (χ1n) is 6.26. The number of alkyl halides is 3. The third kappa shape index (κ3) is 3.40. The molecule has 1 aliphatic rings. The fraction of sp³-hybridized carbons (Fsp3) is 0.538. The van der Waals surface area contributed by atoms with E-state index < -0.39 is 11.7 Å².